The van der Waals surface area contributed by atoms with Crippen LogP contribution in [0.3, 0.4) is 0 Å². The maximum absolute atomic E-state index is 12.5. The first kappa shape index (κ1) is 16.9. The van der Waals surface area contributed by atoms with Gasteiger partial charge < -0.3 is 10.1 Å². The summed E-state index contributed by atoms with van der Waals surface area (Å²) in [4.78, 5) is 0.320. The quantitative estimate of drug-likeness (QED) is 0.795. The van der Waals surface area contributed by atoms with Crippen molar-refractivity contribution in [2.75, 3.05) is 20.2 Å². The topological polar surface area (TPSA) is 67.4 Å². The zero-order chi connectivity index (χ0) is 15.5. The lowest BCUT2D eigenvalue weighted by Crippen LogP contribution is -2.32. The number of hydrogen-bond acceptors (Lipinski definition) is 4. The van der Waals surface area contributed by atoms with Crippen LogP contribution in [0.2, 0.25) is 0 Å². The number of rotatable bonds is 6. The number of sulfonamides is 1. The molecule has 2 N–H and O–H groups in total. The lowest BCUT2D eigenvalue weighted by atomic mass is 10.1. The van der Waals surface area contributed by atoms with Gasteiger partial charge in [0.2, 0.25) is 10.0 Å². The van der Waals surface area contributed by atoms with Crippen LogP contribution < -0.4 is 10.0 Å². The second kappa shape index (κ2) is 7.19. The monoisotopic (exact) mass is 376 g/mol. The van der Waals surface area contributed by atoms with Crippen molar-refractivity contribution in [2.24, 2.45) is 0 Å². The highest BCUT2D eigenvalue weighted by atomic mass is 79.9. The summed E-state index contributed by atoms with van der Waals surface area (Å²) in [6.07, 6.45) is 1.89. The van der Waals surface area contributed by atoms with Gasteiger partial charge >= 0.3 is 0 Å². The van der Waals surface area contributed by atoms with Crippen LogP contribution in [0.4, 0.5) is 0 Å². The van der Waals surface area contributed by atoms with Crippen LogP contribution in [0.1, 0.15) is 24.0 Å². The van der Waals surface area contributed by atoms with E-state index in [4.69, 9.17) is 4.74 Å². The Morgan fingerprint density at radius 3 is 2.81 bits per heavy atom. The molecule has 5 nitrogen and oxygen atoms in total. The highest BCUT2D eigenvalue weighted by molar-refractivity contribution is 9.10. The van der Waals surface area contributed by atoms with Gasteiger partial charge in [0.25, 0.3) is 0 Å². The SMILES string of the molecule is CNCc1cc(Br)c(C)c(S(=O)(=O)NCC2CCCO2)c1. The first-order valence-corrected chi connectivity index (χ1v) is 9.26. The molecule has 1 aromatic carbocycles. The fraction of sp³-hybridized carbons (Fsp3) is 0.571. The summed E-state index contributed by atoms with van der Waals surface area (Å²) in [5.74, 6) is 0. The van der Waals surface area contributed by atoms with Gasteiger partial charge in [-0.15, -0.1) is 0 Å². The third-order valence-electron chi connectivity index (χ3n) is 3.55. The van der Waals surface area contributed by atoms with Crippen LogP contribution in [0.5, 0.6) is 0 Å². The maximum atomic E-state index is 12.5. The van der Waals surface area contributed by atoms with Gasteiger partial charge in [0.1, 0.15) is 0 Å². The Balaban J connectivity index is 2.21. The molecule has 1 unspecified atom stereocenters. The molecule has 0 bridgehead atoms. The van der Waals surface area contributed by atoms with E-state index in [1.807, 2.05) is 13.1 Å². The van der Waals surface area contributed by atoms with E-state index in [1.54, 1.807) is 13.0 Å². The second-order valence-corrected chi connectivity index (χ2v) is 7.81. The average Bonchev–Trinajstić information content (AvgIpc) is 2.94. The molecule has 1 aromatic rings. The third-order valence-corrected chi connectivity index (χ3v) is 5.93. The second-order valence-electron chi connectivity index (χ2n) is 5.22. The molecule has 1 fully saturated rings. The standard InChI is InChI=1S/C14H21BrN2O3S/c1-10-13(15)6-11(8-16-2)7-14(10)21(18,19)17-9-12-4-3-5-20-12/h6-7,12,16-17H,3-5,8-9H2,1-2H3. The summed E-state index contributed by atoms with van der Waals surface area (Å²) < 4.78 is 33.9. The Labute approximate surface area is 134 Å². The molecule has 7 heteroatoms. The molecule has 0 saturated carbocycles. The first-order chi connectivity index (χ1) is 9.94. The summed E-state index contributed by atoms with van der Waals surface area (Å²) in [6, 6.07) is 3.65. The van der Waals surface area contributed by atoms with E-state index in [9.17, 15) is 8.42 Å². The van der Waals surface area contributed by atoms with Crippen molar-refractivity contribution >= 4 is 26.0 Å². The minimum Gasteiger partial charge on any atom is -0.377 e. The molecular formula is C14H21BrN2O3S. The van der Waals surface area contributed by atoms with Crippen molar-refractivity contribution in [2.45, 2.75) is 37.3 Å². The molecule has 1 atom stereocenters. The van der Waals surface area contributed by atoms with E-state index >= 15 is 0 Å². The zero-order valence-corrected chi connectivity index (χ0v) is 14.7. The van der Waals surface area contributed by atoms with E-state index < -0.39 is 10.0 Å². The van der Waals surface area contributed by atoms with Gasteiger partial charge in [0, 0.05) is 24.2 Å². The normalized spacial score (nSPS) is 19.1. The Bertz CT molecular complexity index is 598. The predicted octanol–water partition coefficient (Wildman–Crippen LogP) is 1.93. The van der Waals surface area contributed by atoms with Crippen LogP contribution in [-0.4, -0.2) is 34.7 Å². The number of ether oxygens (including phenoxy) is 1. The van der Waals surface area contributed by atoms with Crippen LogP contribution in [-0.2, 0) is 21.3 Å². The summed E-state index contributed by atoms with van der Waals surface area (Å²) in [7, 11) is -1.70. The first-order valence-electron chi connectivity index (χ1n) is 6.99. The molecular weight excluding hydrogens is 356 g/mol. The van der Waals surface area contributed by atoms with Gasteiger partial charge in [0.05, 0.1) is 11.0 Å². The smallest absolute Gasteiger partial charge is 0.240 e. The molecule has 0 aromatic heterocycles. The molecule has 118 valence electrons. The maximum Gasteiger partial charge on any atom is 0.240 e. The number of benzene rings is 1. The fourth-order valence-corrected chi connectivity index (χ4v) is 4.40. The Kier molecular flexibility index (Phi) is 5.79. The summed E-state index contributed by atoms with van der Waals surface area (Å²) in [5.41, 5.74) is 1.64. The van der Waals surface area contributed by atoms with Crippen molar-refractivity contribution < 1.29 is 13.2 Å². The van der Waals surface area contributed by atoms with Crippen LogP contribution >= 0.6 is 15.9 Å². The third kappa shape index (κ3) is 4.26. The highest BCUT2D eigenvalue weighted by Gasteiger charge is 2.22. The number of hydrogen-bond donors (Lipinski definition) is 2. The molecule has 21 heavy (non-hydrogen) atoms. The minimum absolute atomic E-state index is 0.0102. The molecule has 0 spiro atoms. The molecule has 1 aliphatic rings. The van der Waals surface area contributed by atoms with Crippen LogP contribution in [0, 0.1) is 6.92 Å². The largest absolute Gasteiger partial charge is 0.377 e. The van der Waals surface area contributed by atoms with E-state index in [-0.39, 0.29) is 6.10 Å². The minimum atomic E-state index is -3.53. The van der Waals surface area contributed by atoms with Gasteiger partial charge in [-0.05, 0) is 50.1 Å². The highest BCUT2D eigenvalue weighted by Crippen LogP contribution is 2.26. The van der Waals surface area contributed by atoms with Gasteiger partial charge in [-0.25, -0.2) is 13.1 Å². The lowest BCUT2D eigenvalue weighted by Gasteiger charge is -2.15. The molecule has 2 rings (SSSR count). The molecule has 1 saturated heterocycles. The van der Waals surface area contributed by atoms with Crippen LogP contribution in [0.15, 0.2) is 21.5 Å². The number of nitrogens with one attached hydrogen (secondary N) is 2. The summed E-state index contributed by atoms with van der Waals surface area (Å²) in [5, 5.41) is 3.03. The van der Waals surface area contributed by atoms with Crippen molar-refractivity contribution in [1.82, 2.24) is 10.0 Å². The fourth-order valence-electron chi connectivity index (χ4n) is 2.38. The Morgan fingerprint density at radius 1 is 1.43 bits per heavy atom. The summed E-state index contributed by atoms with van der Waals surface area (Å²) >= 11 is 3.43. The predicted molar refractivity (Wildman–Crippen MR) is 85.8 cm³/mol. The number of halogens is 1. The van der Waals surface area contributed by atoms with E-state index in [0.717, 1.165) is 28.4 Å². The van der Waals surface area contributed by atoms with Gasteiger partial charge in [-0.3, -0.25) is 0 Å². The van der Waals surface area contributed by atoms with Crippen molar-refractivity contribution in [3.63, 3.8) is 0 Å². The van der Waals surface area contributed by atoms with E-state index in [2.05, 4.69) is 26.0 Å². The van der Waals surface area contributed by atoms with Crippen molar-refractivity contribution in [3.8, 4) is 0 Å². The van der Waals surface area contributed by atoms with E-state index in [0.29, 0.717) is 24.6 Å². The van der Waals surface area contributed by atoms with E-state index in [1.165, 1.54) is 0 Å². The van der Waals surface area contributed by atoms with Gasteiger partial charge in [0.15, 0.2) is 0 Å². The summed E-state index contributed by atoms with van der Waals surface area (Å²) in [6.45, 7) is 3.46. The molecule has 0 radical (unpaired) electrons. The lowest BCUT2D eigenvalue weighted by molar-refractivity contribution is 0.114. The van der Waals surface area contributed by atoms with Crippen molar-refractivity contribution in [1.29, 1.82) is 0 Å². The average molecular weight is 377 g/mol. The van der Waals surface area contributed by atoms with Gasteiger partial charge in [-0.2, -0.15) is 0 Å². The zero-order valence-electron chi connectivity index (χ0n) is 12.3. The molecule has 0 aliphatic carbocycles. The van der Waals surface area contributed by atoms with Crippen molar-refractivity contribution in [3.05, 3.63) is 27.7 Å². The van der Waals surface area contributed by atoms with Gasteiger partial charge in [-0.1, -0.05) is 15.9 Å². The van der Waals surface area contributed by atoms with Crippen LogP contribution in [0.25, 0.3) is 0 Å². The molecule has 1 heterocycles. The molecule has 0 amide bonds. The molecule has 1 aliphatic heterocycles. The Morgan fingerprint density at radius 2 is 2.19 bits per heavy atom. The Hall–Kier alpha value is -0.470.